The third kappa shape index (κ3) is 3.60. The van der Waals surface area contributed by atoms with Crippen LogP contribution >= 0.6 is 0 Å². The molecule has 0 aliphatic carbocycles. The fraction of sp³-hybridized carbons (Fsp3) is 0.357. The second-order valence-corrected chi connectivity index (χ2v) is 4.40. The van der Waals surface area contributed by atoms with Crippen molar-refractivity contribution in [1.29, 1.82) is 0 Å². The smallest absolute Gasteiger partial charge is 0.221 e. The van der Waals surface area contributed by atoms with Crippen molar-refractivity contribution in [1.82, 2.24) is 5.32 Å². The molecule has 1 heterocycles. The second kappa shape index (κ2) is 6.21. The van der Waals surface area contributed by atoms with Crippen molar-refractivity contribution in [2.24, 2.45) is 5.73 Å². The highest BCUT2D eigenvalue weighted by molar-refractivity contribution is 5.76. The van der Waals surface area contributed by atoms with Gasteiger partial charge in [0, 0.05) is 38.3 Å². The van der Waals surface area contributed by atoms with Crippen molar-refractivity contribution >= 4 is 17.7 Å². The molecule has 0 radical (unpaired) electrons. The summed E-state index contributed by atoms with van der Waals surface area (Å²) in [5, 5.41) is 3.34. The van der Waals surface area contributed by atoms with Crippen LogP contribution in [0, 0.1) is 0 Å². The van der Waals surface area contributed by atoms with Crippen molar-refractivity contribution in [3.63, 3.8) is 0 Å². The highest BCUT2D eigenvalue weighted by atomic mass is 16.1. The van der Waals surface area contributed by atoms with E-state index in [9.17, 15) is 4.79 Å². The molecule has 1 saturated heterocycles. The minimum absolute atomic E-state index is 0.291. The normalized spacial score (nSPS) is 16.1. The summed E-state index contributed by atoms with van der Waals surface area (Å²) in [5.74, 6) is -0.302. The maximum absolute atomic E-state index is 10.6. The zero-order valence-electron chi connectivity index (χ0n) is 10.4. The summed E-state index contributed by atoms with van der Waals surface area (Å²) < 4.78 is 0. The highest BCUT2D eigenvalue weighted by Gasteiger charge is 2.09. The van der Waals surface area contributed by atoms with Gasteiger partial charge in [-0.3, -0.25) is 4.79 Å². The van der Waals surface area contributed by atoms with Crippen molar-refractivity contribution in [2.45, 2.75) is 6.42 Å². The summed E-state index contributed by atoms with van der Waals surface area (Å²) in [4.78, 5) is 13.0. The molecule has 0 bridgehead atoms. The molecule has 0 spiro atoms. The number of amides is 1. The number of rotatable bonds is 4. The van der Waals surface area contributed by atoms with E-state index in [2.05, 4.69) is 34.5 Å². The van der Waals surface area contributed by atoms with Crippen molar-refractivity contribution < 1.29 is 4.79 Å². The number of nitrogens with zero attached hydrogens (tertiary/aromatic N) is 1. The lowest BCUT2D eigenvalue weighted by Crippen LogP contribution is -2.43. The third-order valence-corrected chi connectivity index (χ3v) is 3.00. The van der Waals surface area contributed by atoms with Crippen LogP contribution in [0.25, 0.3) is 6.08 Å². The van der Waals surface area contributed by atoms with E-state index in [1.165, 1.54) is 5.69 Å². The van der Waals surface area contributed by atoms with Gasteiger partial charge in [-0.05, 0) is 17.7 Å². The molecule has 1 aromatic rings. The lowest BCUT2D eigenvalue weighted by atomic mass is 10.1. The van der Waals surface area contributed by atoms with Crippen LogP contribution in [0.4, 0.5) is 5.69 Å². The van der Waals surface area contributed by atoms with Crippen LogP contribution < -0.4 is 16.0 Å². The predicted octanol–water partition coefficient (Wildman–Crippen LogP) is 0.985. The first-order valence-electron chi connectivity index (χ1n) is 6.26. The Morgan fingerprint density at radius 1 is 1.28 bits per heavy atom. The van der Waals surface area contributed by atoms with E-state index in [4.69, 9.17) is 5.73 Å². The molecule has 4 nitrogen and oxygen atoms in total. The van der Waals surface area contributed by atoms with Gasteiger partial charge in [0.2, 0.25) is 5.91 Å². The van der Waals surface area contributed by atoms with Crippen LogP contribution in [0.1, 0.15) is 12.0 Å². The number of nitrogens with one attached hydrogen (secondary N) is 1. The summed E-state index contributed by atoms with van der Waals surface area (Å²) in [6, 6.07) is 8.37. The van der Waals surface area contributed by atoms with Crippen molar-refractivity contribution in [3.05, 3.63) is 35.9 Å². The Morgan fingerprint density at radius 3 is 2.56 bits per heavy atom. The maximum atomic E-state index is 10.6. The Kier molecular flexibility index (Phi) is 4.36. The molecule has 4 heteroatoms. The first kappa shape index (κ1) is 12.6. The van der Waals surface area contributed by atoms with E-state index >= 15 is 0 Å². The molecular formula is C14H19N3O. The Hall–Kier alpha value is -1.81. The van der Waals surface area contributed by atoms with Crippen LogP contribution in [0.3, 0.4) is 0 Å². The molecule has 0 atom stereocenters. The Morgan fingerprint density at radius 2 is 1.94 bits per heavy atom. The van der Waals surface area contributed by atoms with Crippen LogP contribution in [0.5, 0.6) is 0 Å². The molecule has 0 unspecified atom stereocenters. The van der Waals surface area contributed by atoms with Gasteiger partial charge in [-0.15, -0.1) is 0 Å². The fourth-order valence-electron chi connectivity index (χ4n) is 2.03. The van der Waals surface area contributed by atoms with E-state index in [-0.39, 0.29) is 5.91 Å². The van der Waals surface area contributed by atoms with Crippen LogP contribution in [-0.2, 0) is 4.79 Å². The molecule has 1 aliphatic rings. The van der Waals surface area contributed by atoms with Crippen molar-refractivity contribution in [3.8, 4) is 0 Å². The van der Waals surface area contributed by atoms with E-state index in [1.807, 2.05) is 6.08 Å². The number of anilines is 1. The lowest BCUT2D eigenvalue weighted by Gasteiger charge is -2.29. The summed E-state index contributed by atoms with van der Waals surface area (Å²) >= 11 is 0. The van der Waals surface area contributed by atoms with Crippen molar-refractivity contribution in [2.75, 3.05) is 31.1 Å². The minimum atomic E-state index is -0.302. The molecule has 1 aliphatic heterocycles. The quantitative estimate of drug-likeness (QED) is 0.831. The number of hydrogen-bond donors (Lipinski definition) is 2. The van der Waals surface area contributed by atoms with E-state index in [0.29, 0.717) is 6.42 Å². The summed E-state index contributed by atoms with van der Waals surface area (Å²) in [5.41, 5.74) is 7.42. The molecule has 2 rings (SSSR count). The Bertz CT molecular complexity index is 419. The molecular weight excluding hydrogens is 226 g/mol. The number of benzene rings is 1. The van der Waals surface area contributed by atoms with Gasteiger partial charge >= 0.3 is 0 Å². The molecule has 1 fully saturated rings. The molecule has 96 valence electrons. The minimum Gasteiger partial charge on any atom is -0.369 e. The summed E-state index contributed by atoms with van der Waals surface area (Å²) in [6.07, 6.45) is 4.01. The lowest BCUT2D eigenvalue weighted by molar-refractivity contribution is -0.117. The van der Waals surface area contributed by atoms with Gasteiger partial charge in [0.25, 0.3) is 0 Å². The molecule has 18 heavy (non-hydrogen) atoms. The highest BCUT2D eigenvalue weighted by Crippen LogP contribution is 2.16. The molecule has 0 aromatic heterocycles. The van der Waals surface area contributed by atoms with Gasteiger partial charge in [-0.1, -0.05) is 24.3 Å². The number of primary amides is 1. The number of piperazine rings is 1. The van der Waals surface area contributed by atoms with Gasteiger partial charge in [0.05, 0.1) is 0 Å². The number of carbonyl (C=O) groups is 1. The predicted molar refractivity (Wildman–Crippen MR) is 74.4 cm³/mol. The second-order valence-electron chi connectivity index (χ2n) is 4.40. The number of nitrogens with two attached hydrogens (primary N) is 1. The van der Waals surface area contributed by atoms with E-state index in [0.717, 1.165) is 31.7 Å². The van der Waals surface area contributed by atoms with E-state index < -0.39 is 0 Å². The zero-order chi connectivity index (χ0) is 12.8. The monoisotopic (exact) mass is 245 g/mol. The fourth-order valence-corrected chi connectivity index (χ4v) is 2.03. The van der Waals surface area contributed by atoms with Gasteiger partial charge in [-0.2, -0.15) is 0 Å². The van der Waals surface area contributed by atoms with Gasteiger partial charge < -0.3 is 16.0 Å². The number of carbonyl (C=O) groups excluding carboxylic acids is 1. The van der Waals surface area contributed by atoms with Crippen LogP contribution in [0.2, 0.25) is 0 Å². The number of hydrogen-bond acceptors (Lipinski definition) is 3. The molecule has 0 saturated carbocycles. The first-order chi connectivity index (χ1) is 8.75. The summed E-state index contributed by atoms with van der Waals surface area (Å²) in [6.45, 7) is 4.19. The molecule has 1 amide bonds. The van der Waals surface area contributed by atoms with Gasteiger partial charge in [0.15, 0.2) is 0 Å². The van der Waals surface area contributed by atoms with E-state index in [1.54, 1.807) is 6.08 Å². The molecule has 3 N–H and O–H groups in total. The first-order valence-corrected chi connectivity index (χ1v) is 6.26. The summed E-state index contributed by atoms with van der Waals surface area (Å²) in [7, 11) is 0. The average molecular weight is 245 g/mol. The molecule has 1 aromatic carbocycles. The maximum Gasteiger partial charge on any atom is 0.221 e. The zero-order valence-corrected chi connectivity index (χ0v) is 10.4. The van der Waals surface area contributed by atoms with Crippen LogP contribution in [-0.4, -0.2) is 32.1 Å². The van der Waals surface area contributed by atoms with Gasteiger partial charge in [0.1, 0.15) is 0 Å². The topological polar surface area (TPSA) is 58.4 Å². The van der Waals surface area contributed by atoms with Gasteiger partial charge in [-0.25, -0.2) is 0 Å². The third-order valence-electron chi connectivity index (χ3n) is 3.00. The Balaban J connectivity index is 1.96. The SMILES string of the molecule is NC(=O)CC=Cc1ccc(N2CCNCC2)cc1. The standard InChI is InChI=1S/C14H19N3O/c15-14(18)3-1-2-12-4-6-13(7-5-12)17-10-8-16-9-11-17/h1-2,4-7,16H,3,8-11H2,(H2,15,18). The average Bonchev–Trinajstić information content (AvgIpc) is 2.40. The Labute approximate surface area is 107 Å². The largest absolute Gasteiger partial charge is 0.369 e. The van der Waals surface area contributed by atoms with Crippen LogP contribution in [0.15, 0.2) is 30.3 Å².